The van der Waals surface area contributed by atoms with Crippen molar-refractivity contribution in [3.05, 3.63) is 72.6 Å². The van der Waals surface area contributed by atoms with Crippen molar-refractivity contribution in [2.24, 2.45) is 0 Å². The van der Waals surface area contributed by atoms with Gasteiger partial charge in [-0.1, -0.05) is 36.4 Å². The third-order valence-electron chi connectivity index (χ3n) is 4.37. The van der Waals surface area contributed by atoms with E-state index in [-0.39, 0.29) is 18.9 Å². The summed E-state index contributed by atoms with van der Waals surface area (Å²) in [6.07, 6.45) is 4.12. The van der Waals surface area contributed by atoms with Gasteiger partial charge in [0.1, 0.15) is 6.10 Å². The monoisotopic (exact) mass is 396 g/mol. The van der Waals surface area contributed by atoms with Gasteiger partial charge in [0.2, 0.25) is 5.91 Å². The molecule has 3 amide bonds. The predicted octanol–water partition coefficient (Wildman–Crippen LogP) is 1.59. The Morgan fingerprint density at radius 1 is 1.07 bits per heavy atom. The molecular weight excluding hydrogens is 372 g/mol. The molecule has 3 atom stereocenters. The number of pyridine rings is 1. The Morgan fingerprint density at radius 3 is 2.59 bits per heavy atom. The first-order chi connectivity index (χ1) is 14.1. The van der Waals surface area contributed by atoms with Crippen molar-refractivity contribution in [3.63, 3.8) is 0 Å². The lowest BCUT2D eigenvalue weighted by molar-refractivity contribution is -0.125. The van der Waals surface area contributed by atoms with Crippen LogP contribution >= 0.6 is 0 Å². The average molecular weight is 396 g/mol. The number of carbonyl (C=O) groups excluding carboxylic acids is 2. The highest BCUT2D eigenvalue weighted by molar-refractivity contribution is 5.89. The van der Waals surface area contributed by atoms with E-state index < -0.39 is 24.3 Å². The Bertz CT molecular complexity index is 829. The van der Waals surface area contributed by atoms with Crippen molar-refractivity contribution in [1.82, 2.24) is 15.6 Å². The molecule has 0 saturated carbocycles. The minimum Gasteiger partial charge on any atom is -0.394 e. The normalized spacial score (nSPS) is 20.7. The number of anilines is 1. The van der Waals surface area contributed by atoms with Crippen LogP contribution in [-0.2, 0) is 16.1 Å². The average Bonchev–Trinajstić information content (AvgIpc) is 2.74. The van der Waals surface area contributed by atoms with Crippen LogP contribution in [0.25, 0.3) is 0 Å². The second kappa shape index (κ2) is 10.4. The molecule has 1 aromatic carbocycles. The lowest BCUT2D eigenvalue weighted by atomic mass is 10.0. The van der Waals surface area contributed by atoms with E-state index in [1.807, 2.05) is 36.4 Å². The number of carbonyl (C=O) groups is 2. The van der Waals surface area contributed by atoms with Gasteiger partial charge in [-0.2, -0.15) is 0 Å². The number of nitrogens with zero attached hydrogens (tertiary/aromatic N) is 1. The van der Waals surface area contributed by atoms with Crippen molar-refractivity contribution in [1.29, 1.82) is 0 Å². The number of aliphatic hydroxyl groups excluding tert-OH is 1. The highest BCUT2D eigenvalue weighted by atomic mass is 16.5. The third kappa shape index (κ3) is 6.41. The summed E-state index contributed by atoms with van der Waals surface area (Å²) in [5, 5.41) is 17.9. The summed E-state index contributed by atoms with van der Waals surface area (Å²) in [5.74, 6) is -0.185. The molecule has 0 bridgehead atoms. The number of aliphatic hydroxyl groups is 1. The number of amides is 3. The molecule has 3 rings (SSSR count). The number of nitrogens with one attached hydrogen (secondary N) is 3. The minimum atomic E-state index is -0.643. The number of urea groups is 1. The molecule has 0 fully saturated rings. The van der Waals surface area contributed by atoms with E-state index in [1.54, 1.807) is 30.5 Å². The van der Waals surface area contributed by atoms with Crippen LogP contribution in [-0.4, -0.2) is 46.9 Å². The predicted molar refractivity (Wildman–Crippen MR) is 108 cm³/mol. The SMILES string of the molecule is O=C(C[C@@H]1C=C[C@H](NC(=O)Nc2ccccc2)[C@H](CO)O1)NCc1ccccn1. The van der Waals surface area contributed by atoms with Gasteiger partial charge in [-0.3, -0.25) is 9.78 Å². The van der Waals surface area contributed by atoms with Crippen LogP contribution in [0.3, 0.4) is 0 Å². The summed E-state index contributed by atoms with van der Waals surface area (Å²) in [5.41, 5.74) is 1.43. The number of rotatable bonds is 7. The zero-order chi connectivity index (χ0) is 20.5. The highest BCUT2D eigenvalue weighted by Crippen LogP contribution is 2.16. The van der Waals surface area contributed by atoms with Crippen molar-refractivity contribution < 1.29 is 19.4 Å². The zero-order valence-electron chi connectivity index (χ0n) is 15.8. The second-order valence-electron chi connectivity index (χ2n) is 6.57. The number of para-hydroxylation sites is 1. The number of hydrogen-bond donors (Lipinski definition) is 4. The maximum absolute atomic E-state index is 12.2. The lowest BCUT2D eigenvalue weighted by Crippen LogP contribution is -2.50. The number of aromatic nitrogens is 1. The molecule has 29 heavy (non-hydrogen) atoms. The Labute approximate surface area is 169 Å². The van der Waals surface area contributed by atoms with Crippen molar-refractivity contribution in [2.75, 3.05) is 11.9 Å². The standard InChI is InChI=1S/C21H24N4O4/c26-14-19-18(25-21(28)24-15-6-2-1-3-7-15)10-9-17(29-19)12-20(27)23-13-16-8-4-5-11-22-16/h1-11,17-19,26H,12-14H2,(H,23,27)(H2,24,25,28)/t17-,18-,19-/m0/s1. The molecule has 4 N–H and O–H groups in total. The summed E-state index contributed by atoms with van der Waals surface area (Å²) in [4.78, 5) is 28.5. The quantitative estimate of drug-likeness (QED) is 0.531. The number of hydrogen-bond acceptors (Lipinski definition) is 5. The molecule has 0 spiro atoms. The Morgan fingerprint density at radius 2 is 1.86 bits per heavy atom. The lowest BCUT2D eigenvalue weighted by Gasteiger charge is -2.31. The van der Waals surface area contributed by atoms with E-state index in [0.717, 1.165) is 5.69 Å². The smallest absolute Gasteiger partial charge is 0.319 e. The van der Waals surface area contributed by atoms with Crippen LogP contribution in [0.2, 0.25) is 0 Å². The van der Waals surface area contributed by atoms with Crippen LogP contribution in [0.15, 0.2) is 66.9 Å². The van der Waals surface area contributed by atoms with E-state index in [0.29, 0.717) is 12.2 Å². The highest BCUT2D eigenvalue weighted by Gasteiger charge is 2.29. The molecule has 152 valence electrons. The van der Waals surface area contributed by atoms with Gasteiger partial charge < -0.3 is 25.8 Å². The van der Waals surface area contributed by atoms with Gasteiger partial charge in [-0.25, -0.2) is 4.79 Å². The van der Waals surface area contributed by atoms with Gasteiger partial charge in [0, 0.05) is 11.9 Å². The fourth-order valence-electron chi connectivity index (χ4n) is 2.92. The first-order valence-corrected chi connectivity index (χ1v) is 9.38. The Kier molecular flexibility index (Phi) is 7.32. The van der Waals surface area contributed by atoms with Gasteiger partial charge in [-0.15, -0.1) is 0 Å². The van der Waals surface area contributed by atoms with Gasteiger partial charge in [0.15, 0.2) is 0 Å². The number of benzene rings is 1. The first-order valence-electron chi connectivity index (χ1n) is 9.38. The van der Waals surface area contributed by atoms with E-state index in [4.69, 9.17) is 4.74 Å². The van der Waals surface area contributed by atoms with E-state index >= 15 is 0 Å². The maximum Gasteiger partial charge on any atom is 0.319 e. The van der Waals surface area contributed by atoms with Crippen LogP contribution in [0.5, 0.6) is 0 Å². The van der Waals surface area contributed by atoms with Crippen molar-refractivity contribution in [3.8, 4) is 0 Å². The summed E-state index contributed by atoms with van der Waals surface area (Å²) < 4.78 is 5.77. The van der Waals surface area contributed by atoms with Gasteiger partial charge in [0.05, 0.1) is 37.4 Å². The summed E-state index contributed by atoms with van der Waals surface area (Å²) in [7, 11) is 0. The van der Waals surface area contributed by atoms with Gasteiger partial charge >= 0.3 is 6.03 Å². The van der Waals surface area contributed by atoms with Crippen molar-refractivity contribution in [2.45, 2.75) is 31.2 Å². The largest absolute Gasteiger partial charge is 0.394 e. The molecule has 1 aromatic heterocycles. The van der Waals surface area contributed by atoms with Gasteiger partial charge in [-0.05, 0) is 24.3 Å². The molecule has 2 aromatic rings. The molecule has 8 heteroatoms. The topological polar surface area (TPSA) is 113 Å². The maximum atomic E-state index is 12.2. The molecule has 0 saturated heterocycles. The Hall–Kier alpha value is -3.23. The van der Waals surface area contributed by atoms with Crippen LogP contribution in [0, 0.1) is 0 Å². The fraction of sp³-hybridized carbons (Fsp3) is 0.286. The fourth-order valence-corrected chi connectivity index (χ4v) is 2.92. The van der Waals surface area contributed by atoms with E-state index in [2.05, 4.69) is 20.9 Å². The molecule has 8 nitrogen and oxygen atoms in total. The number of ether oxygens (including phenoxy) is 1. The molecule has 0 unspecified atom stereocenters. The Balaban J connectivity index is 1.48. The molecule has 0 aliphatic carbocycles. The first kappa shape index (κ1) is 20.5. The summed E-state index contributed by atoms with van der Waals surface area (Å²) >= 11 is 0. The van der Waals surface area contributed by atoms with Gasteiger partial charge in [0.25, 0.3) is 0 Å². The third-order valence-corrected chi connectivity index (χ3v) is 4.37. The second-order valence-corrected chi connectivity index (χ2v) is 6.57. The van der Waals surface area contributed by atoms with Crippen molar-refractivity contribution >= 4 is 17.6 Å². The molecule has 2 heterocycles. The van der Waals surface area contributed by atoms with Crippen LogP contribution in [0.4, 0.5) is 10.5 Å². The van der Waals surface area contributed by atoms with Crippen LogP contribution in [0.1, 0.15) is 12.1 Å². The zero-order valence-corrected chi connectivity index (χ0v) is 15.8. The molecule has 1 aliphatic rings. The summed E-state index contributed by atoms with van der Waals surface area (Å²) in [6, 6.07) is 13.6. The van der Waals surface area contributed by atoms with Crippen LogP contribution < -0.4 is 16.0 Å². The molecule has 0 radical (unpaired) electrons. The molecular formula is C21H24N4O4. The summed E-state index contributed by atoms with van der Waals surface area (Å²) in [6.45, 7) is 0.0516. The minimum absolute atomic E-state index is 0.114. The van der Waals surface area contributed by atoms with E-state index in [1.165, 1.54) is 0 Å². The molecule has 1 aliphatic heterocycles. The van der Waals surface area contributed by atoms with E-state index in [9.17, 15) is 14.7 Å².